The van der Waals surface area contributed by atoms with Crippen LogP contribution >= 0.6 is 24.0 Å². The highest BCUT2D eigenvalue weighted by molar-refractivity contribution is 14.0. The van der Waals surface area contributed by atoms with Crippen molar-refractivity contribution in [1.29, 1.82) is 0 Å². The van der Waals surface area contributed by atoms with E-state index in [2.05, 4.69) is 22.0 Å². The topological polar surface area (TPSA) is 50.9 Å². The molecule has 0 spiro atoms. The molecule has 0 saturated carbocycles. The van der Waals surface area contributed by atoms with Crippen LogP contribution in [0.2, 0.25) is 0 Å². The zero-order valence-electron chi connectivity index (χ0n) is 14.0. The van der Waals surface area contributed by atoms with Crippen molar-refractivity contribution < 1.29 is 4.74 Å². The number of ether oxygens (including phenoxy) is 1. The minimum absolute atomic E-state index is 0. The second-order valence-corrected chi connectivity index (χ2v) is 5.89. The van der Waals surface area contributed by atoms with Crippen LogP contribution in [0.1, 0.15) is 44.1 Å². The van der Waals surface area contributed by atoms with Crippen molar-refractivity contribution >= 4 is 29.9 Å². The van der Waals surface area contributed by atoms with Gasteiger partial charge in [0.1, 0.15) is 0 Å². The molecule has 4 nitrogen and oxygen atoms in total. The fraction of sp³-hybridized carbons (Fsp3) is 0.611. The van der Waals surface area contributed by atoms with Crippen LogP contribution in [-0.4, -0.2) is 37.1 Å². The van der Waals surface area contributed by atoms with Crippen molar-refractivity contribution in [3.8, 4) is 0 Å². The number of nitrogens with zero attached hydrogens (tertiary/aromatic N) is 2. The van der Waals surface area contributed by atoms with Crippen LogP contribution < -0.4 is 5.73 Å². The van der Waals surface area contributed by atoms with Gasteiger partial charge in [-0.3, -0.25) is 4.99 Å². The van der Waals surface area contributed by atoms with E-state index in [1.54, 1.807) is 0 Å². The van der Waals surface area contributed by atoms with E-state index in [1.807, 2.05) is 18.2 Å². The smallest absolute Gasteiger partial charge is 0.191 e. The number of benzene rings is 1. The number of halogens is 1. The molecule has 0 bridgehead atoms. The third-order valence-corrected chi connectivity index (χ3v) is 4.01. The summed E-state index contributed by atoms with van der Waals surface area (Å²) in [7, 11) is 0. The maximum absolute atomic E-state index is 6.08. The summed E-state index contributed by atoms with van der Waals surface area (Å²) in [5.41, 5.74) is 7.31. The van der Waals surface area contributed by atoms with Crippen molar-refractivity contribution in [2.24, 2.45) is 10.7 Å². The van der Waals surface area contributed by atoms with Crippen LogP contribution in [0.4, 0.5) is 0 Å². The standard InChI is InChI=1S/C18H29N3O.HI/c19-18(21-13-7-1-2-8-14-21)20-12-6-9-15-22-16-17-10-4-3-5-11-17;/h3-5,10-11H,1-2,6-9,12-16H2,(H2,19,20);1H. The molecule has 0 aliphatic carbocycles. The molecule has 0 aromatic heterocycles. The van der Waals surface area contributed by atoms with Crippen LogP contribution in [0.15, 0.2) is 35.3 Å². The maximum atomic E-state index is 6.08. The number of hydrogen-bond acceptors (Lipinski definition) is 2. The van der Waals surface area contributed by atoms with Gasteiger partial charge in [0.2, 0.25) is 0 Å². The fourth-order valence-corrected chi connectivity index (χ4v) is 2.67. The van der Waals surface area contributed by atoms with Crippen LogP contribution in [0.3, 0.4) is 0 Å². The predicted molar refractivity (Wildman–Crippen MR) is 107 cm³/mol. The maximum Gasteiger partial charge on any atom is 0.191 e. The number of unbranched alkanes of at least 4 members (excludes halogenated alkanes) is 1. The second kappa shape index (κ2) is 12.6. The van der Waals surface area contributed by atoms with Crippen molar-refractivity contribution in [2.75, 3.05) is 26.2 Å². The van der Waals surface area contributed by atoms with Crippen molar-refractivity contribution in [1.82, 2.24) is 4.90 Å². The first-order valence-corrected chi connectivity index (χ1v) is 8.53. The Bertz CT molecular complexity index is 431. The van der Waals surface area contributed by atoms with Gasteiger partial charge in [-0.05, 0) is 31.2 Å². The summed E-state index contributed by atoms with van der Waals surface area (Å²) in [4.78, 5) is 6.75. The summed E-state index contributed by atoms with van der Waals surface area (Å²) < 4.78 is 5.67. The van der Waals surface area contributed by atoms with Crippen molar-refractivity contribution in [2.45, 2.75) is 45.1 Å². The molecule has 1 fully saturated rings. The summed E-state index contributed by atoms with van der Waals surface area (Å²) in [6.07, 6.45) is 7.19. The van der Waals surface area contributed by atoms with E-state index in [4.69, 9.17) is 10.5 Å². The predicted octanol–water partition coefficient (Wildman–Crippen LogP) is 3.79. The van der Waals surface area contributed by atoms with E-state index in [1.165, 1.54) is 31.2 Å². The number of nitrogens with two attached hydrogens (primary N) is 1. The Balaban J connectivity index is 0.00000264. The third kappa shape index (κ3) is 8.55. The first-order chi connectivity index (χ1) is 10.9. The molecule has 0 radical (unpaired) electrons. The van der Waals surface area contributed by atoms with E-state index in [0.717, 1.165) is 45.0 Å². The molecule has 1 aliphatic rings. The summed E-state index contributed by atoms with van der Waals surface area (Å²) in [6, 6.07) is 10.3. The van der Waals surface area contributed by atoms with Crippen LogP contribution in [0, 0.1) is 0 Å². The lowest BCUT2D eigenvalue weighted by Crippen LogP contribution is -2.38. The van der Waals surface area contributed by atoms with Crippen molar-refractivity contribution in [3.63, 3.8) is 0 Å². The van der Waals surface area contributed by atoms with E-state index in [0.29, 0.717) is 6.61 Å². The summed E-state index contributed by atoms with van der Waals surface area (Å²) in [5, 5.41) is 0. The Hall–Kier alpha value is -0.820. The fourth-order valence-electron chi connectivity index (χ4n) is 2.67. The molecular formula is C18H30IN3O. The third-order valence-electron chi connectivity index (χ3n) is 4.01. The van der Waals surface area contributed by atoms with Crippen LogP contribution in [0.25, 0.3) is 0 Å². The number of likely N-dealkylation sites (tertiary alicyclic amines) is 1. The van der Waals surface area contributed by atoms with Gasteiger partial charge < -0.3 is 15.4 Å². The van der Waals surface area contributed by atoms with Gasteiger partial charge in [-0.1, -0.05) is 43.2 Å². The quantitative estimate of drug-likeness (QED) is 0.309. The highest BCUT2D eigenvalue weighted by Gasteiger charge is 2.10. The van der Waals surface area contributed by atoms with E-state index in [-0.39, 0.29) is 24.0 Å². The molecule has 1 aromatic carbocycles. The average molecular weight is 431 g/mol. The lowest BCUT2D eigenvalue weighted by molar-refractivity contribution is 0.117. The van der Waals surface area contributed by atoms with Gasteiger partial charge in [0.25, 0.3) is 0 Å². The zero-order valence-corrected chi connectivity index (χ0v) is 16.3. The molecule has 1 aromatic rings. The SMILES string of the molecule is I.NC(=NCCCCOCc1ccccc1)N1CCCCCC1. The minimum atomic E-state index is 0. The Morgan fingerprint density at radius 3 is 2.43 bits per heavy atom. The van der Waals surface area contributed by atoms with Gasteiger partial charge in [0, 0.05) is 26.2 Å². The monoisotopic (exact) mass is 431 g/mol. The molecule has 0 atom stereocenters. The van der Waals surface area contributed by atoms with Crippen molar-refractivity contribution in [3.05, 3.63) is 35.9 Å². The normalized spacial score (nSPS) is 15.8. The molecule has 1 heterocycles. The Morgan fingerprint density at radius 1 is 1.04 bits per heavy atom. The van der Waals surface area contributed by atoms with E-state index >= 15 is 0 Å². The molecule has 0 amide bonds. The Morgan fingerprint density at radius 2 is 1.74 bits per heavy atom. The zero-order chi connectivity index (χ0) is 15.5. The van der Waals surface area contributed by atoms with Crippen LogP contribution in [-0.2, 0) is 11.3 Å². The molecule has 2 N–H and O–H groups in total. The second-order valence-electron chi connectivity index (χ2n) is 5.89. The lowest BCUT2D eigenvalue weighted by atomic mass is 10.2. The summed E-state index contributed by atoms with van der Waals surface area (Å²) in [5.74, 6) is 0.729. The van der Waals surface area contributed by atoms with Crippen LogP contribution in [0.5, 0.6) is 0 Å². The van der Waals surface area contributed by atoms with Gasteiger partial charge in [-0.2, -0.15) is 0 Å². The molecule has 0 unspecified atom stereocenters. The highest BCUT2D eigenvalue weighted by Crippen LogP contribution is 2.09. The molecule has 23 heavy (non-hydrogen) atoms. The first kappa shape index (κ1) is 20.2. The molecule has 2 rings (SSSR count). The summed E-state index contributed by atoms with van der Waals surface area (Å²) in [6.45, 7) is 4.41. The number of hydrogen-bond donors (Lipinski definition) is 1. The number of aliphatic imine (C=N–C) groups is 1. The Kier molecular flexibility index (Phi) is 11.1. The molecule has 1 saturated heterocycles. The highest BCUT2D eigenvalue weighted by atomic mass is 127. The largest absolute Gasteiger partial charge is 0.377 e. The number of guanidine groups is 1. The molecule has 1 aliphatic heterocycles. The molecule has 130 valence electrons. The van der Waals surface area contributed by atoms with E-state index in [9.17, 15) is 0 Å². The summed E-state index contributed by atoms with van der Waals surface area (Å²) >= 11 is 0. The Labute approximate surface area is 157 Å². The molecule has 5 heteroatoms. The first-order valence-electron chi connectivity index (χ1n) is 8.53. The van der Waals surface area contributed by atoms with Gasteiger partial charge in [-0.15, -0.1) is 24.0 Å². The van der Waals surface area contributed by atoms with E-state index < -0.39 is 0 Å². The lowest BCUT2D eigenvalue weighted by Gasteiger charge is -2.21. The molecular weight excluding hydrogens is 401 g/mol. The van der Waals surface area contributed by atoms with Gasteiger partial charge in [0.15, 0.2) is 5.96 Å². The van der Waals surface area contributed by atoms with Gasteiger partial charge >= 0.3 is 0 Å². The average Bonchev–Trinajstić information content (AvgIpc) is 2.84. The van der Waals surface area contributed by atoms with Gasteiger partial charge in [-0.25, -0.2) is 0 Å². The number of rotatable bonds is 7. The van der Waals surface area contributed by atoms with Gasteiger partial charge in [0.05, 0.1) is 6.61 Å². The minimum Gasteiger partial charge on any atom is -0.377 e.